The standard InChI is InChI=1S/C13H8Br3NO2/c14-8-6-9(15)11(16)12(18)10(8)13(19)17-7-4-2-1-3-5-7/h1-6,18H,(H,17,19). The summed E-state index contributed by atoms with van der Waals surface area (Å²) in [6.45, 7) is 0. The average Bonchev–Trinajstić information content (AvgIpc) is 2.37. The van der Waals surface area contributed by atoms with E-state index < -0.39 is 0 Å². The minimum Gasteiger partial charge on any atom is -0.506 e. The first-order chi connectivity index (χ1) is 9.00. The fourth-order valence-corrected chi connectivity index (χ4v) is 3.15. The SMILES string of the molecule is O=C(Nc1ccccc1)c1c(Br)cc(Br)c(Br)c1O. The molecule has 0 aliphatic carbocycles. The van der Waals surface area contributed by atoms with Gasteiger partial charge in [-0.2, -0.15) is 0 Å². The minimum atomic E-state index is -0.385. The van der Waals surface area contributed by atoms with E-state index in [1.54, 1.807) is 18.2 Å². The second-order valence-corrected chi connectivity index (χ2v) is 6.20. The largest absolute Gasteiger partial charge is 0.506 e. The van der Waals surface area contributed by atoms with E-state index in [9.17, 15) is 9.90 Å². The number of amides is 1. The van der Waals surface area contributed by atoms with Crippen LogP contribution in [-0.4, -0.2) is 11.0 Å². The molecule has 0 saturated carbocycles. The Balaban J connectivity index is 2.37. The lowest BCUT2D eigenvalue weighted by Crippen LogP contribution is -2.13. The van der Waals surface area contributed by atoms with Crippen LogP contribution in [0.2, 0.25) is 0 Å². The van der Waals surface area contributed by atoms with Gasteiger partial charge in [0, 0.05) is 14.6 Å². The fraction of sp³-hybridized carbons (Fsp3) is 0. The topological polar surface area (TPSA) is 49.3 Å². The van der Waals surface area contributed by atoms with Gasteiger partial charge in [0.15, 0.2) is 0 Å². The minimum absolute atomic E-state index is 0.116. The molecule has 0 atom stereocenters. The van der Waals surface area contributed by atoms with E-state index in [0.717, 1.165) is 0 Å². The summed E-state index contributed by atoms with van der Waals surface area (Å²) in [6, 6.07) is 10.8. The smallest absolute Gasteiger partial charge is 0.260 e. The van der Waals surface area contributed by atoms with Crippen LogP contribution in [0.1, 0.15) is 10.4 Å². The monoisotopic (exact) mass is 447 g/mol. The zero-order valence-electron chi connectivity index (χ0n) is 9.45. The van der Waals surface area contributed by atoms with Gasteiger partial charge in [0.2, 0.25) is 0 Å². The summed E-state index contributed by atoms with van der Waals surface area (Å²) in [5, 5.41) is 12.8. The van der Waals surface area contributed by atoms with Crippen LogP contribution >= 0.6 is 47.8 Å². The van der Waals surface area contributed by atoms with Gasteiger partial charge in [-0.3, -0.25) is 4.79 Å². The van der Waals surface area contributed by atoms with Crippen LogP contribution in [0.15, 0.2) is 49.8 Å². The van der Waals surface area contributed by atoms with E-state index in [1.165, 1.54) is 0 Å². The first-order valence-corrected chi connectivity index (χ1v) is 7.61. The van der Waals surface area contributed by atoms with Crippen molar-refractivity contribution < 1.29 is 9.90 Å². The number of phenolic OH excluding ortho intramolecular Hbond substituents is 1. The Morgan fingerprint density at radius 3 is 2.32 bits per heavy atom. The quantitative estimate of drug-likeness (QED) is 0.638. The lowest BCUT2D eigenvalue weighted by Gasteiger charge is -2.11. The van der Waals surface area contributed by atoms with Gasteiger partial charge < -0.3 is 10.4 Å². The third-order valence-electron chi connectivity index (χ3n) is 2.41. The molecule has 0 unspecified atom stereocenters. The first-order valence-electron chi connectivity index (χ1n) is 5.23. The number of rotatable bonds is 2. The summed E-state index contributed by atoms with van der Waals surface area (Å²) < 4.78 is 1.61. The van der Waals surface area contributed by atoms with Crippen molar-refractivity contribution >= 4 is 59.4 Å². The third kappa shape index (κ3) is 3.19. The van der Waals surface area contributed by atoms with Gasteiger partial charge in [-0.05, 0) is 66.0 Å². The van der Waals surface area contributed by atoms with E-state index in [2.05, 4.69) is 53.1 Å². The number of carbonyl (C=O) groups excluding carboxylic acids is 1. The van der Waals surface area contributed by atoms with Gasteiger partial charge in [0.25, 0.3) is 5.91 Å². The molecule has 0 bridgehead atoms. The van der Waals surface area contributed by atoms with Crippen molar-refractivity contribution in [1.29, 1.82) is 0 Å². The van der Waals surface area contributed by atoms with Crippen molar-refractivity contribution in [2.75, 3.05) is 5.32 Å². The normalized spacial score (nSPS) is 10.3. The molecule has 6 heteroatoms. The maximum atomic E-state index is 12.2. The highest BCUT2D eigenvalue weighted by atomic mass is 79.9. The fourth-order valence-electron chi connectivity index (χ4n) is 1.51. The molecule has 0 spiro atoms. The second kappa shape index (κ2) is 6.07. The van der Waals surface area contributed by atoms with Crippen molar-refractivity contribution in [3.63, 3.8) is 0 Å². The summed E-state index contributed by atoms with van der Waals surface area (Å²) in [5.74, 6) is -0.501. The maximum absolute atomic E-state index is 12.2. The predicted octanol–water partition coefficient (Wildman–Crippen LogP) is 4.93. The Labute approximate surface area is 135 Å². The van der Waals surface area contributed by atoms with Crippen LogP contribution in [-0.2, 0) is 0 Å². The zero-order chi connectivity index (χ0) is 14.0. The Morgan fingerprint density at radius 2 is 1.68 bits per heavy atom. The van der Waals surface area contributed by atoms with Gasteiger partial charge in [0.1, 0.15) is 5.75 Å². The number of hydrogen-bond acceptors (Lipinski definition) is 2. The molecule has 2 aromatic carbocycles. The number of hydrogen-bond donors (Lipinski definition) is 2. The molecule has 0 aliphatic heterocycles. The summed E-state index contributed by atoms with van der Waals surface area (Å²) in [7, 11) is 0. The Kier molecular flexibility index (Phi) is 4.65. The van der Waals surface area contributed by atoms with Crippen LogP contribution in [0.5, 0.6) is 5.75 Å². The van der Waals surface area contributed by atoms with Crippen molar-refractivity contribution in [3.05, 3.63) is 55.4 Å². The van der Waals surface area contributed by atoms with Crippen molar-refractivity contribution in [2.45, 2.75) is 0 Å². The molecule has 98 valence electrons. The molecule has 19 heavy (non-hydrogen) atoms. The molecular weight excluding hydrogens is 442 g/mol. The highest BCUT2D eigenvalue weighted by molar-refractivity contribution is 9.13. The van der Waals surface area contributed by atoms with Crippen LogP contribution in [0.4, 0.5) is 5.69 Å². The van der Waals surface area contributed by atoms with E-state index in [-0.39, 0.29) is 17.2 Å². The van der Waals surface area contributed by atoms with Gasteiger partial charge in [-0.25, -0.2) is 0 Å². The molecule has 2 aromatic rings. The maximum Gasteiger partial charge on any atom is 0.260 e. The van der Waals surface area contributed by atoms with Gasteiger partial charge >= 0.3 is 0 Å². The van der Waals surface area contributed by atoms with Crippen LogP contribution in [0, 0.1) is 0 Å². The highest BCUT2D eigenvalue weighted by Gasteiger charge is 2.20. The number of halogens is 3. The summed E-state index contributed by atoms with van der Waals surface area (Å²) in [4.78, 5) is 12.2. The molecule has 2 rings (SSSR count). The Bertz CT molecular complexity index is 630. The number of benzene rings is 2. The highest BCUT2D eigenvalue weighted by Crippen LogP contribution is 2.39. The summed E-state index contributed by atoms with van der Waals surface area (Å²) in [5.41, 5.74) is 0.844. The average molecular weight is 450 g/mol. The number of nitrogens with one attached hydrogen (secondary N) is 1. The molecule has 0 radical (unpaired) electrons. The molecular formula is C13H8Br3NO2. The van der Waals surface area contributed by atoms with Crippen LogP contribution < -0.4 is 5.32 Å². The van der Waals surface area contributed by atoms with E-state index >= 15 is 0 Å². The van der Waals surface area contributed by atoms with Crippen LogP contribution in [0.3, 0.4) is 0 Å². The third-order valence-corrected chi connectivity index (χ3v) is 4.99. The van der Waals surface area contributed by atoms with Crippen molar-refractivity contribution in [2.24, 2.45) is 0 Å². The summed E-state index contributed by atoms with van der Waals surface area (Å²) in [6.07, 6.45) is 0. The van der Waals surface area contributed by atoms with E-state index in [0.29, 0.717) is 19.1 Å². The number of anilines is 1. The molecule has 2 N–H and O–H groups in total. The van der Waals surface area contributed by atoms with Crippen molar-refractivity contribution in [1.82, 2.24) is 0 Å². The molecule has 0 aromatic heterocycles. The first kappa shape index (κ1) is 14.6. The zero-order valence-corrected chi connectivity index (χ0v) is 14.2. The Hall–Kier alpha value is -0.850. The molecule has 0 aliphatic rings. The molecule has 0 saturated heterocycles. The Morgan fingerprint density at radius 1 is 1.05 bits per heavy atom. The summed E-state index contributed by atoms with van der Waals surface area (Å²) >= 11 is 9.77. The van der Waals surface area contributed by atoms with Gasteiger partial charge in [0.05, 0.1) is 10.0 Å². The molecule has 3 nitrogen and oxygen atoms in total. The lowest BCUT2D eigenvalue weighted by molar-refractivity contribution is 0.102. The van der Waals surface area contributed by atoms with E-state index in [1.807, 2.05) is 18.2 Å². The number of aromatic hydroxyl groups is 1. The van der Waals surface area contributed by atoms with Gasteiger partial charge in [-0.15, -0.1) is 0 Å². The molecule has 0 heterocycles. The second-order valence-electron chi connectivity index (χ2n) is 3.70. The number of phenols is 1. The molecule has 0 fully saturated rings. The number of para-hydroxylation sites is 1. The predicted molar refractivity (Wildman–Crippen MR) is 85.6 cm³/mol. The molecule has 1 amide bonds. The van der Waals surface area contributed by atoms with Gasteiger partial charge in [-0.1, -0.05) is 18.2 Å². The lowest BCUT2D eigenvalue weighted by atomic mass is 10.2. The number of carbonyl (C=O) groups is 1. The van der Waals surface area contributed by atoms with Crippen molar-refractivity contribution in [3.8, 4) is 5.75 Å². The van der Waals surface area contributed by atoms with Crippen LogP contribution in [0.25, 0.3) is 0 Å². The van der Waals surface area contributed by atoms with E-state index in [4.69, 9.17) is 0 Å².